The number of hydrogen-bond acceptors (Lipinski definition) is 5. The molecule has 1 aliphatic heterocycles. The number of carbonyl (C=O) groups is 1. The zero-order valence-corrected chi connectivity index (χ0v) is 13.6. The number of nitrogens with zero attached hydrogens (tertiary/aromatic N) is 4. The van der Waals surface area contributed by atoms with Gasteiger partial charge < -0.3 is 14.9 Å². The molecule has 0 spiro atoms. The summed E-state index contributed by atoms with van der Waals surface area (Å²) < 4.78 is 0. The number of hydrogen-bond donors (Lipinski definition) is 1. The Morgan fingerprint density at radius 3 is 2.65 bits per heavy atom. The SMILES string of the molecule is CC(=O)N1CCc2nc(-c3ccccc3O)nc(N(C)C)c2C1. The number of rotatable bonds is 2. The minimum Gasteiger partial charge on any atom is -0.507 e. The van der Waals surface area contributed by atoms with Gasteiger partial charge in [-0.05, 0) is 12.1 Å². The van der Waals surface area contributed by atoms with Crippen molar-refractivity contribution in [3.05, 3.63) is 35.5 Å². The van der Waals surface area contributed by atoms with Gasteiger partial charge in [-0.2, -0.15) is 0 Å². The first-order valence-corrected chi connectivity index (χ1v) is 7.58. The van der Waals surface area contributed by atoms with Gasteiger partial charge in [0.1, 0.15) is 11.6 Å². The van der Waals surface area contributed by atoms with Gasteiger partial charge in [0.05, 0.1) is 17.8 Å². The number of benzene rings is 1. The molecule has 120 valence electrons. The zero-order valence-electron chi connectivity index (χ0n) is 13.6. The number of phenolic OH excluding ortho intramolecular Hbond substituents is 1. The summed E-state index contributed by atoms with van der Waals surface area (Å²) in [7, 11) is 3.84. The van der Waals surface area contributed by atoms with Crippen LogP contribution in [0.5, 0.6) is 5.75 Å². The summed E-state index contributed by atoms with van der Waals surface area (Å²) in [6, 6.07) is 7.06. The second kappa shape index (κ2) is 5.87. The molecule has 1 aromatic carbocycles. The third kappa shape index (κ3) is 2.84. The molecule has 0 bridgehead atoms. The van der Waals surface area contributed by atoms with E-state index in [1.807, 2.05) is 25.1 Å². The monoisotopic (exact) mass is 312 g/mol. The molecule has 0 aliphatic carbocycles. The van der Waals surface area contributed by atoms with E-state index in [-0.39, 0.29) is 11.7 Å². The van der Waals surface area contributed by atoms with Crippen molar-refractivity contribution in [2.75, 3.05) is 25.5 Å². The first kappa shape index (κ1) is 15.3. The van der Waals surface area contributed by atoms with Crippen molar-refractivity contribution < 1.29 is 9.90 Å². The third-order valence-corrected chi connectivity index (χ3v) is 4.05. The van der Waals surface area contributed by atoms with Gasteiger partial charge in [-0.15, -0.1) is 0 Å². The largest absolute Gasteiger partial charge is 0.507 e. The number of carbonyl (C=O) groups excluding carboxylic acids is 1. The molecule has 0 unspecified atom stereocenters. The second-order valence-electron chi connectivity index (χ2n) is 5.90. The van der Waals surface area contributed by atoms with E-state index in [2.05, 4.69) is 9.97 Å². The Labute approximate surface area is 135 Å². The molecule has 6 heteroatoms. The molecule has 1 N–H and O–H groups in total. The van der Waals surface area contributed by atoms with Gasteiger partial charge in [-0.1, -0.05) is 12.1 Å². The van der Waals surface area contributed by atoms with Crippen LogP contribution in [0.25, 0.3) is 11.4 Å². The molecule has 23 heavy (non-hydrogen) atoms. The standard InChI is InChI=1S/C17H20N4O2/c1-11(22)21-9-8-14-13(10-21)17(20(2)3)19-16(18-14)12-6-4-5-7-15(12)23/h4-7,23H,8-10H2,1-3H3. The van der Waals surface area contributed by atoms with E-state index in [9.17, 15) is 9.90 Å². The van der Waals surface area contributed by atoms with Crippen LogP contribution in [-0.4, -0.2) is 46.5 Å². The van der Waals surface area contributed by atoms with Crippen LogP contribution in [0.1, 0.15) is 18.2 Å². The summed E-state index contributed by atoms with van der Waals surface area (Å²) in [5.74, 6) is 1.53. The van der Waals surface area contributed by atoms with Crippen molar-refractivity contribution in [2.45, 2.75) is 19.9 Å². The summed E-state index contributed by atoms with van der Waals surface area (Å²) in [4.78, 5) is 24.7. The lowest BCUT2D eigenvalue weighted by Gasteiger charge is -2.30. The maximum absolute atomic E-state index is 11.7. The minimum atomic E-state index is 0.0603. The van der Waals surface area contributed by atoms with Crippen LogP contribution in [0.3, 0.4) is 0 Å². The van der Waals surface area contributed by atoms with Gasteiger partial charge in [0.25, 0.3) is 0 Å². The Morgan fingerprint density at radius 2 is 2.00 bits per heavy atom. The fraction of sp³-hybridized carbons (Fsp3) is 0.353. The molecule has 0 radical (unpaired) electrons. The van der Waals surface area contributed by atoms with Crippen molar-refractivity contribution in [1.82, 2.24) is 14.9 Å². The van der Waals surface area contributed by atoms with E-state index in [1.54, 1.807) is 30.0 Å². The Morgan fingerprint density at radius 1 is 1.26 bits per heavy atom. The lowest BCUT2D eigenvalue weighted by atomic mass is 10.0. The fourth-order valence-electron chi connectivity index (χ4n) is 2.82. The molecule has 1 aromatic heterocycles. The molecular weight excluding hydrogens is 292 g/mol. The highest BCUT2D eigenvalue weighted by Gasteiger charge is 2.25. The molecular formula is C17H20N4O2. The maximum atomic E-state index is 11.7. The number of anilines is 1. The zero-order chi connectivity index (χ0) is 16.6. The highest BCUT2D eigenvalue weighted by atomic mass is 16.3. The quantitative estimate of drug-likeness (QED) is 0.916. The molecule has 0 saturated heterocycles. The molecule has 2 aromatic rings. The van der Waals surface area contributed by atoms with Gasteiger partial charge in [0.2, 0.25) is 5.91 Å². The van der Waals surface area contributed by atoms with Gasteiger partial charge in [-0.3, -0.25) is 4.79 Å². The Hall–Kier alpha value is -2.63. The van der Waals surface area contributed by atoms with E-state index >= 15 is 0 Å². The van der Waals surface area contributed by atoms with Crippen LogP contribution in [-0.2, 0) is 17.8 Å². The summed E-state index contributed by atoms with van der Waals surface area (Å²) in [5, 5.41) is 10.1. The second-order valence-corrected chi connectivity index (χ2v) is 5.90. The topological polar surface area (TPSA) is 69.6 Å². The molecule has 0 fully saturated rings. The summed E-state index contributed by atoms with van der Waals surface area (Å²) in [5.41, 5.74) is 2.54. The van der Waals surface area contributed by atoms with Gasteiger partial charge in [0, 0.05) is 39.5 Å². The minimum absolute atomic E-state index is 0.0603. The number of amides is 1. The summed E-state index contributed by atoms with van der Waals surface area (Å²) >= 11 is 0. The van der Waals surface area contributed by atoms with E-state index in [1.165, 1.54) is 0 Å². The van der Waals surface area contributed by atoms with Crippen LogP contribution < -0.4 is 4.90 Å². The molecule has 3 rings (SSSR count). The number of aromatic hydroxyl groups is 1. The molecule has 1 amide bonds. The average molecular weight is 312 g/mol. The summed E-state index contributed by atoms with van der Waals surface area (Å²) in [6.07, 6.45) is 0.693. The average Bonchev–Trinajstić information content (AvgIpc) is 2.53. The third-order valence-electron chi connectivity index (χ3n) is 4.05. The maximum Gasteiger partial charge on any atom is 0.219 e. The van der Waals surface area contributed by atoms with Crippen molar-refractivity contribution >= 4 is 11.7 Å². The summed E-state index contributed by atoms with van der Waals surface area (Å²) in [6.45, 7) is 2.77. The molecule has 0 saturated carbocycles. The highest BCUT2D eigenvalue weighted by molar-refractivity contribution is 5.74. The van der Waals surface area contributed by atoms with Crippen molar-refractivity contribution in [3.63, 3.8) is 0 Å². The van der Waals surface area contributed by atoms with Crippen LogP contribution in [0.4, 0.5) is 5.82 Å². The Balaban J connectivity index is 2.12. The van der Waals surface area contributed by atoms with Gasteiger partial charge >= 0.3 is 0 Å². The molecule has 0 atom stereocenters. The van der Waals surface area contributed by atoms with E-state index in [0.29, 0.717) is 30.9 Å². The van der Waals surface area contributed by atoms with Gasteiger partial charge in [0.15, 0.2) is 5.82 Å². The highest BCUT2D eigenvalue weighted by Crippen LogP contribution is 2.31. The molecule has 1 aliphatic rings. The van der Waals surface area contributed by atoms with E-state index in [0.717, 1.165) is 17.1 Å². The predicted octanol–water partition coefficient (Wildman–Crippen LogP) is 1.82. The predicted molar refractivity (Wildman–Crippen MR) is 88.3 cm³/mol. The first-order chi connectivity index (χ1) is 11.0. The number of phenols is 1. The van der Waals surface area contributed by atoms with Crippen molar-refractivity contribution in [2.24, 2.45) is 0 Å². The first-order valence-electron chi connectivity index (χ1n) is 7.58. The van der Waals surface area contributed by atoms with E-state index < -0.39 is 0 Å². The number of aromatic nitrogens is 2. The lowest BCUT2D eigenvalue weighted by molar-refractivity contribution is -0.129. The van der Waals surface area contributed by atoms with Crippen LogP contribution >= 0.6 is 0 Å². The van der Waals surface area contributed by atoms with Crippen LogP contribution in [0, 0.1) is 0 Å². The smallest absolute Gasteiger partial charge is 0.219 e. The fourth-order valence-corrected chi connectivity index (χ4v) is 2.82. The van der Waals surface area contributed by atoms with E-state index in [4.69, 9.17) is 0 Å². The van der Waals surface area contributed by atoms with Crippen molar-refractivity contribution in [3.8, 4) is 17.1 Å². The normalized spacial score (nSPS) is 13.6. The number of fused-ring (bicyclic) bond motifs is 1. The van der Waals surface area contributed by atoms with Crippen LogP contribution in [0.2, 0.25) is 0 Å². The molecule has 6 nitrogen and oxygen atoms in total. The Kier molecular flexibility index (Phi) is 3.90. The van der Waals surface area contributed by atoms with Gasteiger partial charge in [-0.25, -0.2) is 9.97 Å². The van der Waals surface area contributed by atoms with Crippen molar-refractivity contribution in [1.29, 1.82) is 0 Å². The van der Waals surface area contributed by atoms with Crippen LogP contribution in [0.15, 0.2) is 24.3 Å². The Bertz CT molecular complexity index is 758. The lowest BCUT2D eigenvalue weighted by Crippen LogP contribution is -2.36. The number of para-hydroxylation sites is 1. The molecule has 2 heterocycles.